The second kappa shape index (κ2) is 10.8. The first-order valence-corrected chi connectivity index (χ1v) is 12.5. The van der Waals surface area contributed by atoms with Crippen molar-refractivity contribution in [2.75, 3.05) is 30.5 Å². The maximum Gasteiger partial charge on any atom is 0.242 e. The highest BCUT2D eigenvalue weighted by atomic mass is 32.2. The summed E-state index contributed by atoms with van der Waals surface area (Å²) in [5, 5.41) is 16.2. The summed E-state index contributed by atoms with van der Waals surface area (Å²) >= 11 is 3.09. The van der Waals surface area contributed by atoms with Crippen LogP contribution in [0.15, 0.2) is 29.2 Å². The first-order valence-electron chi connectivity index (χ1n) is 10.4. The Morgan fingerprint density at radius 2 is 1.97 bits per heavy atom. The molecule has 1 aromatic carbocycles. The van der Waals surface area contributed by atoms with Crippen LogP contribution < -0.4 is 10.6 Å². The third kappa shape index (κ3) is 5.67. The van der Waals surface area contributed by atoms with E-state index in [4.69, 9.17) is 0 Å². The van der Waals surface area contributed by atoms with Crippen molar-refractivity contribution in [3.05, 3.63) is 40.3 Å². The molecule has 1 aliphatic rings. The van der Waals surface area contributed by atoms with E-state index in [1.165, 1.54) is 22.6 Å². The zero-order valence-corrected chi connectivity index (χ0v) is 19.8. The molecule has 1 unspecified atom stereocenters. The Morgan fingerprint density at radius 3 is 2.71 bits per heavy atom. The summed E-state index contributed by atoms with van der Waals surface area (Å²) in [6, 6.07) is 9.40. The number of fused-ring (bicyclic) bond motifs is 1. The molecule has 0 fully saturated rings. The molecule has 1 heterocycles. The second-order valence-corrected chi connectivity index (χ2v) is 9.66. The van der Waals surface area contributed by atoms with Gasteiger partial charge in [-0.05, 0) is 63.6 Å². The number of anilines is 2. The summed E-state index contributed by atoms with van der Waals surface area (Å²) in [5.74, 6) is -0.392. The minimum Gasteiger partial charge on any atom is -0.324 e. The van der Waals surface area contributed by atoms with Crippen LogP contribution in [0.1, 0.15) is 42.2 Å². The molecule has 2 amide bonds. The number of amides is 2. The first-order chi connectivity index (χ1) is 14.9. The summed E-state index contributed by atoms with van der Waals surface area (Å²) in [6.07, 6.45) is 7.22. The van der Waals surface area contributed by atoms with E-state index >= 15 is 0 Å². The van der Waals surface area contributed by atoms with Gasteiger partial charge in [-0.2, -0.15) is 5.26 Å². The molecule has 3 rings (SSSR count). The number of nitriles is 1. The number of para-hydroxylation sites is 1. The van der Waals surface area contributed by atoms with Gasteiger partial charge in [0.25, 0.3) is 0 Å². The van der Waals surface area contributed by atoms with Gasteiger partial charge in [0, 0.05) is 9.77 Å². The fourth-order valence-corrected chi connectivity index (χ4v) is 5.46. The number of thioether (sulfide) groups is 1. The lowest BCUT2D eigenvalue weighted by atomic mass is 10.1. The van der Waals surface area contributed by atoms with Gasteiger partial charge in [0.15, 0.2) is 0 Å². The van der Waals surface area contributed by atoms with E-state index in [1.807, 2.05) is 30.5 Å². The molecular formula is C23H28N4O2S2. The average molecular weight is 457 g/mol. The molecule has 0 saturated carbocycles. The number of benzene rings is 1. The number of carbonyl (C=O) groups is 2. The Morgan fingerprint density at radius 1 is 1.23 bits per heavy atom. The highest BCUT2D eigenvalue weighted by Gasteiger charge is 2.25. The van der Waals surface area contributed by atoms with E-state index in [9.17, 15) is 14.9 Å². The lowest BCUT2D eigenvalue weighted by Gasteiger charge is -2.23. The summed E-state index contributed by atoms with van der Waals surface area (Å²) in [4.78, 5) is 29.3. The Hall–Kier alpha value is -2.34. The Kier molecular flexibility index (Phi) is 8.13. The molecule has 6 nitrogen and oxygen atoms in total. The van der Waals surface area contributed by atoms with Crippen LogP contribution in [-0.4, -0.2) is 42.6 Å². The predicted octanol–water partition coefficient (Wildman–Crippen LogP) is 4.51. The Labute approximate surface area is 192 Å². The monoisotopic (exact) mass is 456 g/mol. The minimum atomic E-state index is -0.519. The second-order valence-electron chi connectivity index (χ2n) is 7.71. The van der Waals surface area contributed by atoms with Crippen LogP contribution in [0.4, 0.5) is 10.7 Å². The fourth-order valence-electron chi connectivity index (χ4n) is 3.67. The number of hydrogen-bond acceptors (Lipinski definition) is 6. The van der Waals surface area contributed by atoms with Gasteiger partial charge >= 0.3 is 0 Å². The van der Waals surface area contributed by atoms with Crippen molar-refractivity contribution in [1.82, 2.24) is 4.90 Å². The molecule has 0 radical (unpaired) electrons. The maximum absolute atomic E-state index is 12.9. The van der Waals surface area contributed by atoms with E-state index in [0.29, 0.717) is 10.6 Å². The third-order valence-corrected chi connectivity index (χ3v) is 7.59. The van der Waals surface area contributed by atoms with Crippen molar-refractivity contribution in [3.8, 4) is 6.07 Å². The Bertz CT molecular complexity index is 996. The van der Waals surface area contributed by atoms with Crippen molar-refractivity contribution in [2.24, 2.45) is 0 Å². The molecule has 0 bridgehead atoms. The van der Waals surface area contributed by atoms with Crippen molar-refractivity contribution in [1.29, 1.82) is 5.26 Å². The number of nitrogens with zero attached hydrogens (tertiary/aromatic N) is 2. The zero-order chi connectivity index (χ0) is 22.4. The molecule has 164 valence electrons. The van der Waals surface area contributed by atoms with E-state index < -0.39 is 6.04 Å². The molecule has 0 spiro atoms. The van der Waals surface area contributed by atoms with Gasteiger partial charge in [-0.1, -0.05) is 18.6 Å². The molecule has 31 heavy (non-hydrogen) atoms. The number of thiophene rings is 1. The third-order valence-electron chi connectivity index (χ3n) is 5.58. The molecular weight excluding hydrogens is 428 g/mol. The molecule has 8 heteroatoms. The van der Waals surface area contributed by atoms with Crippen LogP contribution in [0.3, 0.4) is 0 Å². The van der Waals surface area contributed by atoms with Gasteiger partial charge in [-0.15, -0.1) is 23.1 Å². The quantitative estimate of drug-likeness (QED) is 0.473. The summed E-state index contributed by atoms with van der Waals surface area (Å²) in [5.41, 5.74) is 2.48. The minimum absolute atomic E-state index is 0.0867. The van der Waals surface area contributed by atoms with Crippen LogP contribution >= 0.6 is 23.1 Å². The largest absolute Gasteiger partial charge is 0.324 e. The standard InChI is InChI=1S/C23H28N4O2S2/c1-15(27(2)14-21(28)25-18-10-7-8-12-20(18)30-3)22(29)26-23-17(13-24)16-9-5-4-6-11-19(16)31-23/h7-8,10,12,15H,4-6,9,11,14H2,1-3H3,(H,25,28)(H,26,29). The zero-order valence-electron chi connectivity index (χ0n) is 18.2. The number of aryl methyl sites for hydroxylation is 1. The molecule has 1 aromatic heterocycles. The molecule has 1 atom stereocenters. The summed E-state index contributed by atoms with van der Waals surface area (Å²) < 4.78 is 0. The van der Waals surface area contributed by atoms with Crippen molar-refractivity contribution in [3.63, 3.8) is 0 Å². The predicted molar refractivity (Wildman–Crippen MR) is 128 cm³/mol. The molecule has 1 aliphatic carbocycles. The van der Waals surface area contributed by atoms with Gasteiger partial charge in [0.1, 0.15) is 11.1 Å². The van der Waals surface area contributed by atoms with Gasteiger partial charge in [0.05, 0.1) is 23.8 Å². The topological polar surface area (TPSA) is 85.2 Å². The van der Waals surface area contributed by atoms with E-state index in [1.54, 1.807) is 30.6 Å². The highest BCUT2D eigenvalue weighted by Crippen LogP contribution is 2.37. The number of rotatable bonds is 7. The molecule has 2 aromatic rings. The molecule has 2 N–H and O–H groups in total. The van der Waals surface area contributed by atoms with E-state index in [2.05, 4.69) is 16.7 Å². The van der Waals surface area contributed by atoms with E-state index in [0.717, 1.165) is 41.8 Å². The van der Waals surface area contributed by atoms with Crippen LogP contribution in [0.2, 0.25) is 0 Å². The molecule has 0 aliphatic heterocycles. The smallest absolute Gasteiger partial charge is 0.242 e. The number of nitrogens with one attached hydrogen (secondary N) is 2. The number of hydrogen-bond donors (Lipinski definition) is 2. The normalized spacial score (nSPS) is 14.3. The van der Waals surface area contributed by atoms with Crippen LogP contribution in [0.5, 0.6) is 0 Å². The Balaban J connectivity index is 1.62. The lowest BCUT2D eigenvalue weighted by molar-refractivity contribution is -0.122. The van der Waals surface area contributed by atoms with E-state index in [-0.39, 0.29) is 18.4 Å². The highest BCUT2D eigenvalue weighted by molar-refractivity contribution is 7.98. The lowest BCUT2D eigenvalue weighted by Crippen LogP contribution is -2.43. The SMILES string of the molecule is CSc1ccccc1NC(=O)CN(C)C(C)C(=O)Nc1sc2c(c1C#N)CCCCC2. The first kappa shape index (κ1) is 23.3. The van der Waals surface area contributed by atoms with Crippen LogP contribution in [0, 0.1) is 11.3 Å². The van der Waals surface area contributed by atoms with Crippen molar-refractivity contribution >= 4 is 45.6 Å². The van der Waals surface area contributed by atoms with Crippen LogP contribution in [-0.2, 0) is 22.4 Å². The average Bonchev–Trinajstić information content (AvgIpc) is 2.92. The van der Waals surface area contributed by atoms with Crippen molar-refractivity contribution in [2.45, 2.75) is 50.0 Å². The van der Waals surface area contributed by atoms with Crippen LogP contribution in [0.25, 0.3) is 0 Å². The van der Waals surface area contributed by atoms with Gasteiger partial charge in [-0.25, -0.2) is 0 Å². The summed E-state index contributed by atoms with van der Waals surface area (Å²) in [7, 11) is 1.75. The molecule has 0 saturated heterocycles. The number of carbonyl (C=O) groups excluding carboxylic acids is 2. The summed E-state index contributed by atoms with van der Waals surface area (Å²) in [6.45, 7) is 1.85. The number of likely N-dealkylation sites (N-methyl/N-ethyl adjacent to an activating group) is 1. The fraction of sp³-hybridized carbons (Fsp3) is 0.435. The van der Waals surface area contributed by atoms with Gasteiger partial charge in [0.2, 0.25) is 11.8 Å². The van der Waals surface area contributed by atoms with Gasteiger partial charge < -0.3 is 10.6 Å². The van der Waals surface area contributed by atoms with Crippen molar-refractivity contribution < 1.29 is 9.59 Å². The maximum atomic E-state index is 12.9. The van der Waals surface area contributed by atoms with Gasteiger partial charge in [-0.3, -0.25) is 14.5 Å².